The van der Waals surface area contributed by atoms with E-state index in [4.69, 9.17) is 9.47 Å². The lowest BCUT2D eigenvalue weighted by atomic mass is 10.0. The summed E-state index contributed by atoms with van der Waals surface area (Å²) in [5.41, 5.74) is 3.05. The molecule has 0 aliphatic carbocycles. The summed E-state index contributed by atoms with van der Waals surface area (Å²) < 4.78 is 26.9. The largest absolute Gasteiger partial charge is 0.496 e. The molecule has 2 N–H and O–H groups in total. The number of nitrogens with one attached hydrogen (secondary N) is 1. The molecule has 1 aliphatic rings. The van der Waals surface area contributed by atoms with Gasteiger partial charge >= 0.3 is 0 Å². The minimum Gasteiger partial charge on any atom is -0.496 e. The molecule has 0 saturated carbocycles. The average molecular weight is 421 g/mol. The Kier molecular flexibility index (Phi) is 4.67. The summed E-state index contributed by atoms with van der Waals surface area (Å²) in [5, 5.41) is 15.5. The van der Waals surface area contributed by atoms with Gasteiger partial charge in [-0.2, -0.15) is 5.10 Å². The molecule has 5 rings (SSSR count). The number of fused-ring (bicyclic) bond motifs is 1. The SMILES string of the molecule is COc1cccc(F)c1-c1cc2c(C(C)=Nc3cnn(C4COC4)c3)c(O)[nH]c2cn1. The lowest BCUT2D eigenvalue weighted by Crippen LogP contribution is -2.30. The predicted octanol–water partition coefficient (Wildman–Crippen LogP) is 3.99. The predicted molar refractivity (Wildman–Crippen MR) is 114 cm³/mol. The van der Waals surface area contributed by atoms with Gasteiger partial charge in [0.25, 0.3) is 0 Å². The number of benzene rings is 1. The lowest BCUT2D eigenvalue weighted by molar-refractivity contribution is -0.0286. The Balaban J connectivity index is 1.58. The molecule has 0 atom stereocenters. The summed E-state index contributed by atoms with van der Waals surface area (Å²) in [4.78, 5) is 11.9. The molecule has 8 nitrogen and oxygen atoms in total. The zero-order valence-corrected chi connectivity index (χ0v) is 17.0. The molecule has 4 heterocycles. The molecular weight excluding hydrogens is 401 g/mol. The van der Waals surface area contributed by atoms with Crippen LogP contribution in [0.4, 0.5) is 10.1 Å². The smallest absolute Gasteiger partial charge is 0.198 e. The molecule has 1 aromatic carbocycles. The summed E-state index contributed by atoms with van der Waals surface area (Å²) in [6.45, 7) is 3.08. The summed E-state index contributed by atoms with van der Waals surface area (Å²) in [5.74, 6) is -0.0910. The van der Waals surface area contributed by atoms with Gasteiger partial charge in [-0.1, -0.05) is 6.07 Å². The van der Waals surface area contributed by atoms with Crippen LogP contribution in [0.5, 0.6) is 11.6 Å². The maximum Gasteiger partial charge on any atom is 0.198 e. The van der Waals surface area contributed by atoms with Crippen LogP contribution in [0, 0.1) is 5.82 Å². The van der Waals surface area contributed by atoms with Crippen molar-refractivity contribution in [2.75, 3.05) is 20.3 Å². The molecule has 4 aromatic rings. The third kappa shape index (κ3) is 3.32. The van der Waals surface area contributed by atoms with E-state index in [1.165, 1.54) is 13.2 Å². The first-order valence-electron chi connectivity index (χ1n) is 9.76. The van der Waals surface area contributed by atoms with E-state index >= 15 is 0 Å². The molecule has 0 unspecified atom stereocenters. The van der Waals surface area contributed by atoms with Crippen LogP contribution >= 0.6 is 0 Å². The third-order valence-corrected chi connectivity index (χ3v) is 5.36. The van der Waals surface area contributed by atoms with Crippen LogP contribution in [0.2, 0.25) is 0 Å². The van der Waals surface area contributed by atoms with Gasteiger partial charge in [-0.05, 0) is 25.1 Å². The highest BCUT2D eigenvalue weighted by atomic mass is 19.1. The second-order valence-electron chi connectivity index (χ2n) is 7.35. The standard InChI is InChI=1S/C22H20FN5O3/c1-12(26-13-7-25-28(9-13)14-10-31-11-14)20-15-6-17(24-8-18(15)27-22(20)29)21-16(23)4-3-5-19(21)30-2/h3-9,14,27,29H,10-11H2,1-2H3. The number of nitrogens with zero attached hydrogens (tertiary/aromatic N) is 4. The molecule has 9 heteroatoms. The van der Waals surface area contributed by atoms with Gasteiger partial charge in [0, 0.05) is 5.39 Å². The van der Waals surface area contributed by atoms with E-state index in [9.17, 15) is 9.50 Å². The number of hydrogen-bond donors (Lipinski definition) is 2. The molecule has 0 radical (unpaired) electrons. The van der Waals surface area contributed by atoms with E-state index in [-0.39, 0.29) is 17.5 Å². The zero-order valence-electron chi connectivity index (χ0n) is 17.0. The van der Waals surface area contributed by atoms with Crippen LogP contribution in [-0.2, 0) is 4.74 Å². The third-order valence-electron chi connectivity index (χ3n) is 5.36. The summed E-state index contributed by atoms with van der Waals surface area (Å²) >= 11 is 0. The Bertz CT molecular complexity index is 1310. The highest BCUT2D eigenvalue weighted by Gasteiger charge is 2.22. The van der Waals surface area contributed by atoms with Crippen LogP contribution in [0.1, 0.15) is 18.5 Å². The molecule has 1 fully saturated rings. The fraction of sp³-hybridized carbons (Fsp3) is 0.227. The minimum atomic E-state index is -0.440. The summed E-state index contributed by atoms with van der Waals surface area (Å²) in [6.07, 6.45) is 5.08. The Morgan fingerprint density at radius 3 is 2.94 bits per heavy atom. The summed E-state index contributed by atoms with van der Waals surface area (Å²) in [6, 6.07) is 6.57. The van der Waals surface area contributed by atoms with Crippen LogP contribution in [0.3, 0.4) is 0 Å². The van der Waals surface area contributed by atoms with E-state index in [1.807, 2.05) is 10.9 Å². The van der Waals surface area contributed by atoms with Crippen molar-refractivity contribution in [1.82, 2.24) is 19.7 Å². The van der Waals surface area contributed by atoms with Crippen molar-refractivity contribution >= 4 is 22.3 Å². The Morgan fingerprint density at radius 1 is 1.35 bits per heavy atom. The maximum atomic E-state index is 14.6. The fourth-order valence-corrected chi connectivity index (χ4v) is 3.72. The first kappa shape index (κ1) is 19.3. The van der Waals surface area contributed by atoms with Gasteiger partial charge < -0.3 is 19.6 Å². The molecular formula is C22H20FN5O3. The van der Waals surface area contributed by atoms with Crippen LogP contribution in [-0.4, -0.2) is 50.9 Å². The van der Waals surface area contributed by atoms with Gasteiger partial charge in [0.2, 0.25) is 0 Å². The second kappa shape index (κ2) is 7.51. The first-order valence-corrected chi connectivity index (χ1v) is 9.76. The highest BCUT2D eigenvalue weighted by Crippen LogP contribution is 2.35. The Hall–Kier alpha value is -3.72. The highest BCUT2D eigenvalue weighted by molar-refractivity contribution is 6.13. The number of H-pyrrole nitrogens is 1. The number of hydrogen-bond acceptors (Lipinski definition) is 6. The molecule has 0 amide bonds. The number of halogens is 1. The van der Waals surface area contributed by atoms with Gasteiger partial charge in [-0.25, -0.2) is 9.38 Å². The summed E-state index contributed by atoms with van der Waals surface area (Å²) in [7, 11) is 1.48. The van der Waals surface area contributed by atoms with Gasteiger partial charge in [0.15, 0.2) is 5.88 Å². The first-order chi connectivity index (χ1) is 15.0. The number of rotatable bonds is 5. The topological polar surface area (TPSA) is 97.5 Å². The fourth-order valence-electron chi connectivity index (χ4n) is 3.72. The van der Waals surface area contributed by atoms with Crippen LogP contribution in [0.25, 0.3) is 22.2 Å². The van der Waals surface area contributed by atoms with E-state index in [1.54, 1.807) is 37.5 Å². The van der Waals surface area contributed by atoms with Crippen molar-refractivity contribution in [2.45, 2.75) is 13.0 Å². The number of aliphatic imine (C=N–C) groups is 1. The molecule has 31 heavy (non-hydrogen) atoms. The van der Waals surface area contributed by atoms with Crippen LogP contribution < -0.4 is 4.74 Å². The number of aromatic nitrogens is 4. The Labute approximate surface area is 177 Å². The number of aromatic hydroxyl groups is 1. The van der Waals surface area contributed by atoms with Crippen molar-refractivity contribution in [3.8, 4) is 22.9 Å². The van der Waals surface area contributed by atoms with E-state index in [0.717, 1.165) is 0 Å². The van der Waals surface area contributed by atoms with Crippen molar-refractivity contribution in [3.05, 3.63) is 54.2 Å². The minimum absolute atomic E-state index is 0.0320. The lowest BCUT2D eigenvalue weighted by Gasteiger charge is -2.25. The Morgan fingerprint density at radius 2 is 2.19 bits per heavy atom. The van der Waals surface area contributed by atoms with Crippen molar-refractivity contribution in [1.29, 1.82) is 0 Å². The van der Waals surface area contributed by atoms with Gasteiger partial charge in [0.1, 0.15) is 17.3 Å². The van der Waals surface area contributed by atoms with Crippen molar-refractivity contribution in [3.63, 3.8) is 0 Å². The average Bonchev–Trinajstić information content (AvgIpc) is 3.29. The van der Waals surface area contributed by atoms with E-state index in [0.29, 0.717) is 52.5 Å². The molecule has 1 aliphatic heterocycles. The van der Waals surface area contributed by atoms with Crippen LogP contribution in [0.15, 0.2) is 47.8 Å². The van der Waals surface area contributed by atoms with E-state index < -0.39 is 5.82 Å². The second-order valence-corrected chi connectivity index (χ2v) is 7.35. The molecule has 1 saturated heterocycles. The quantitative estimate of drug-likeness (QED) is 0.475. The maximum absolute atomic E-state index is 14.6. The normalized spacial score (nSPS) is 14.7. The number of pyridine rings is 1. The number of aromatic amines is 1. The molecule has 158 valence electrons. The monoisotopic (exact) mass is 421 g/mol. The van der Waals surface area contributed by atoms with Crippen molar-refractivity contribution < 1.29 is 19.0 Å². The molecule has 0 spiro atoms. The van der Waals surface area contributed by atoms with E-state index in [2.05, 4.69) is 20.1 Å². The molecule has 0 bridgehead atoms. The van der Waals surface area contributed by atoms with Crippen molar-refractivity contribution in [2.24, 2.45) is 4.99 Å². The van der Waals surface area contributed by atoms with Gasteiger partial charge in [-0.3, -0.25) is 9.67 Å². The number of ether oxygens (including phenoxy) is 2. The number of methoxy groups -OCH3 is 1. The van der Waals surface area contributed by atoms with Gasteiger partial charge in [0.05, 0.1) is 73.0 Å². The molecule has 3 aromatic heterocycles. The zero-order chi connectivity index (χ0) is 21.5. The van der Waals surface area contributed by atoms with Gasteiger partial charge in [-0.15, -0.1) is 0 Å².